The molecule has 4 rings (SSSR count). The molecule has 45 heavy (non-hydrogen) atoms. The first-order valence-corrected chi connectivity index (χ1v) is 17.0. The number of hydrogen-bond acceptors (Lipinski definition) is 5. The average Bonchev–Trinajstić information content (AvgIpc) is 3.40. The number of amides is 1. The zero-order valence-electron chi connectivity index (χ0n) is 26.2. The predicted molar refractivity (Wildman–Crippen MR) is 175 cm³/mol. The van der Waals surface area contributed by atoms with Crippen molar-refractivity contribution in [2.45, 2.75) is 64.8 Å². The highest BCUT2D eigenvalue weighted by Gasteiger charge is 2.25. The van der Waals surface area contributed by atoms with Gasteiger partial charge in [0.15, 0.2) is 0 Å². The molecule has 2 atom stereocenters. The van der Waals surface area contributed by atoms with Crippen molar-refractivity contribution in [3.63, 3.8) is 0 Å². The predicted octanol–water partition coefficient (Wildman–Crippen LogP) is 5.17. The third kappa shape index (κ3) is 8.90. The van der Waals surface area contributed by atoms with Gasteiger partial charge in [-0.2, -0.15) is 0 Å². The van der Waals surface area contributed by atoms with Gasteiger partial charge in [0.05, 0.1) is 29.6 Å². The number of aryl methyl sites for hydroxylation is 2. The van der Waals surface area contributed by atoms with Crippen LogP contribution in [0.4, 0.5) is 14.5 Å². The highest BCUT2D eigenvalue weighted by Crippen LogP contribution is 2.31. The molecule has 0 spiro atoms. The van der Waals surface area contributed by atoms with Gasteiger partial charge in [-0.05, 0) is 66.3 Å². The monoisotopic (exact) mass is 640 g/mol. The number of rotatable bonds is 15. The summed E-state index contributed by atoms with van der Waals surface area (Å²) in [5.74, 6) is -2.07. The molecule has 0 aliphatic rings. The van der Waals surface area contributed by atoms with Gasteiger partial charge < -0.3 is 20.3 Å². The topological polar surface area (TPSA) is 104 Å². The van der Waals surface area contributed by atoms with Crippen molar-refractivity contribution in [2.75, 3.05) is 24.2 Å². The number of carbonyl (C=O) groups is 1. The van der Waals surface area contributed by atoms with Crippen LogP contribution in [0.1, 0.15) is 53.7 Å². The Balaban J connectivity index is 1.64. The number of anilines is 1. The Kier molecular flexibility index (Phi) is 11.4. The molecule has 0 saturated carbocycles. The second kappa shape index (κ2) is 15.0. The average molecular weight is 641 g/mol. The molecule has 11 heteroatoms. The van der Waals surface area contributed by atoms with Gasteiger partial charge in [-0.15, -0.1) is 0 Å². The van der Waals surface area contributed by atoms with Crippen LogP contribution in [0.2, 0.25) is 0 Å². The lowest BCUT2D eigenvalue weighted by atomic mass is 9.99. The molecular weight excluding hydrogens is 598 g/mol. The second-order valence-corrected chi connectivity index (χ2v) is 13.5. The standard InChI is InChI=1S/C34H42F2N4O4S/c1-5-7-12-40-13-11-29-31(39(3)45(4,43)44)18-26(19-32(29)40)34(42)38-30(17-25-15-27(35)20-28(36)16-25)33(41)22-37-21-24-10-8-9-23(6-2)14-24/h8-11,13-16,18-20,30,33,37,41H,5-7,12,17,21-22H2,1-4H3,(H,38,42)/t30-,33+/m0/s1. The summed E-state index contributed by atoms with van der Waals surface area (Å²) in [7, 11) is -2.21. The summed E-state index contributed by atoms with van der Waals surface area (Å²) in [6.07, 6.45) is 4.54. The Morgan fingerprint density at radius 2 is 1.71 bits per heavy atom. The van der Waals surface area contributed by atoms with E-state index in [0.717, 1.165) is 41.5 Å². The van der Waals surface area contributed by atoms with Crippen LogP contribution in [0.5, 0.6) is 0 Å². The summed E-state index contributed by atoms with van der Waals surface area (Å²) < 4.78 is 56.3. The van der Waals surface area contributed by atoms with Gasteiger partial charge in [0.2, 0.25) is 10.0 Å². The summed E-state index contributed by atoms with van der Waals surface area (Å²) >= 11 is 0. The Morgan fingerprint density at radius 3 is 2.38 bits per heavy atom. The number of aliphatic hydroxyl groups excluding tert-OH is 1. The van der Waals surface area contributed by atoms with E-state index in [1.807, 2.05) is 35.0 Å². The van der Waals surface area contributed by atoms with Gasteiger partial charge in [-0.3, -0.25) is 9.10 Å². The van der Waals surface area contributed by atoms with Crippen LogP contribution in [0.15, 0.2) is 66.9 Å². The van der Waals surface area contributed by atoms with Gasteiger partial charge >= 0.3 is 0 Å². The van der Waals surface area contributed by atoms with E-state index in [9.17, 15) is 27.1 Å². The lowest BCUT2D eigenvalue weighted by Gasteiger charge is -2.26. The fourth-order valence-electron chi connectivity index (χ4n) is 5.35. The van der Waals surface area contributed by atoms with E-state index < -0.39 is 39.7 Å². The fourth-order valence-corrected chi connectivity index (χ4v) is 5.86. The minimum absolute atomic E-state index is 0.0419. The first-order valence-electron chi connectivity index (χ1n) is 15.2. The molecule has 0 radical (unpaired) electrons. The molecule has 0 saturated heterocycles. The lowest BCUT2D eigenvalue weighted by molar-refractivity contribution is 0.0830. The van der Waals surface area contributed by atoms with E-state index in [-0.39, 0.29) is 24.1 Å². The minimum Gasteiger partial charge on any atom is -0.390 e. The van der Waals surface area contributed by atoms with Crippen LogP contribution >= 0.6 is 0 Å². The van der Waals surface area contributed by atoms with Crippen molar-refractivity contribution in [2.24, 2.45) is 0 Å². The number of halogens is 2. The Hall–Kier alpha value is -3.80. The van der Waals surface area contributed by atoms with Crippen LogP contribution in [0.25, 0.3) is 10.9 Å². The zero-order valence-corrected chi connectivity index (χ0v) is 27.0. The van der Waals surface area contributed by atoms with Crippen molar-refractivity contribution >= 4 is 32.5 Å². The summed E-state index contributed by atoms with van der Waals surface area (Å²) in [5.41, 5.74) is 3.73. The summed E-state index contributed by atoms with van der Waals surface area (Å²) in [5, 5.41) is 18.0. The molecule has 0 fully saturated rings. The largest absolute Gasteiger partial charge is 0.390 e. The number of nitrogens with one attached hydrogen (secondary N) is 2. The first kappa shape index (κ1) is 34.1. The summed E-state index contributed by atoms with van der Waals surface area (Å²) in [6, 6.07) is 15.3. The van der Waals surface area contributed by atoms with E-state index >= 15 is 0 Å². The van der Waals surface area contributed by atoms with Gasteiger partial charge in [-0.25, -0.2) is 17.2 Å². The van der Waals surface area contributed by atoms with Crippen LogP contribution in [0.3, 0.4) is 0 Å². The van der Waals surface area contributed by atoms with Crippen LogP contribution < -0.4 is 14.9 Å². The molecule has 1 heterocycles. The van der Waals surface area contributed by atoms with Crippen LogP contribution in [-0.4, -0.2) is 56.0 Å². The molecule has 242 valence electrons. The number of aromatic nitrogens is 1. The maximum atomic E-state index is 14.1. The SMILES string of the molecule is CCCCn1ccc2c(N(C)S(C)(=O)=O)cc(C(=O)N[C@@H](Cc3cc(F)cc(F)c3)[C@H](O)CNCc3cccc(CC)c3)cc21. The van der Waals surface area contributed by atoms with Gasteiger partial charge in [-0.1, -0.05) is 44.5 Å². The van der Waals surface area contributed by atoms with Gasteiger partial charge in [0.25, 0.3) is 5.91 Å². The molecular formula is C34H42F2N4O4S. The number of benzene rings is 3. The molecule has 1 amide bonds. The number of aliphatic hydroxyl groups is 1. The number of hydrogen-bond donors (Lipinski definition) is 3. The Morgan fingerprint density at radius 1 is 1.00 bits per heavy atom. The number of unbranched alkanes of at least 4 members (excludes halogenated alkanes) is 1. The highest BCUT2D eigenvalue weighted by atomic mass is 32.2. The highest BCUT2D eigenvalue weighted by molar-refractivity contribution is 7.92. The molecule has 0 unspecified atom stereocenters. The first-order chi connectivity index (χ1) is 21.4. The normalized spacial score (nSPS) is 13.1. The maximum Gasteiger partial charge on any atom is 0.251 e. The van der Waals surface area contributed by atoms with Crippen molar-refractivity contribution in [3.05, 3.63) is 101 Å². The number of sulfonamides is 1. The molecule has 8 nitrogen and oxygen atoms in total. The molecule has 0 aliphatic heterocycles. The van der Waals surface area contributed by atoms with E-state index in [1.54, 1.807) is 6.07 Å². The number of nitrogens with zero attached hydrogens (tertiary/aromatic N) is 2. The maximum absolute atomic E-state index is 14.1. The van der Waals surface area contributed by atoms with E-state index in [0.29, 0.717) is 29.7 Å². The third-order valence-electron chi connectivity index (χ3n) is 7.96. The van der Waals surface area contributed by atoms with Crippen LogP contribution in [-0.2, 0) is 36.0 Å². The van der Waals surface area contributed by atoms with Crippen molar-refractivity contribution in [1.29, 1.82) is 0 Å². The molecule has 3 aromatic carbocycles. The zero-order chi connectivity index (χ0) is 32.7. The second-order valence-electron chi connectivity index (χ2n) is 11.5. The van der Waals surface area contributed by atoms with Crippen LogP contribution in [0, 0.1) is 11.6 Å². The Labute approximate surface area is 264 Å². The molecule has 4 aromatic rings. The van der Waals surface area contributed by atoms with Crippen molar-refractivity contribution in [3.8, 4) is 0 Å². The Bertz CT molecular complexity index is 1720. The smallest absolute Gasteiger partial charge is 0.251 e. The summed E-state index contributed by atoms with van der Waals surface area (Å²) in [6.45, 7) is 5.40. The molecule has 0 bridgehead atoms. The fraction of sp³-hybridized carbons (Fsp3) is 0.382. The van der Waals surface area contributed by atoms with E-state index in [1.165, 1.54) is 30.8 Å². The molecule has 3 N–H and O–H groups in total. The molecule has 1 aromatic heterocycles. The van der Waals surface area contributed by atoms with Gasteiger partial charge in [0.1, 0.15) is 11.6 Å². The number of carbonyl (C=O) groups excluding carboxylic acids is 1. The third-order valence-corrected chi connectivity index (χ3v) is 9.15. The van der Waals surface area contributed by atoms with Crippen molar-refractivity contribution < 1.29 is 27.1 Å². The quantitative estimate of drug-likeness (QED) is 0.166. The molecule has 0 aliphatic carbocycles. The van der Waals surface area contributed by atoms with Crippen molar-refractivity contribution in [1.82, 2.24) is 15.2 Å². The van der Waals surface area contributed by atoms with E-state index in [2.05, 4.69) is 30.5 Å². The van der Waals surface area contributed by atoms with Gasteiger partial charge in [0, 0.05) is 49.9 Å². The van der Waals surface area contributed by atoms with E-state index in [4.69, 9.17) is 0 Å². The lowest BCUT2D eigenvalue weighted by Crippen LogP contribution is -2.48. The number of fused-ring (bicyclic) bond motifs is 1. The summed E-state index contributed by atoms with van der Waals surface area (Å²) in [4.78, 5) is 13.8. The minimum atomic E-state index is -3.65.